The van der Waals surface area contributed by atoms with Gasteiger partial charge in [0.15, 0.2) is 0 Å². The molecule has 350 valence electrons. The van der Waals surface area contributed by atoms with E-state index in [2.05, 4.69) is 74.6 Å². The predicted octanol–water partition coefficient (Wildman–Crippen LogP) is 15.3. The van der Waals surface area contributed by atoms with E-state index in [4.69, 9.17) is 24.3 Å². The number of ether oxygens (including phenoxy) is 2. The van der Waals surface area contributed by atoms with E-state index in [0.29, 0.717) is 13.0 Å². The Labute approximate surface area is 370 Å². The second-order valence-electron chi connectivity index (χ2n) is 16.3. The Kier molecular flexibility index (Phi) is 46.8. The first-order valence-electron chi connectivity index (χ1n) is 24.8. The van der Waals surface area contributed by atoms with Crippen molar-refractivity contribution in [3.63, 3.8) is 0 Å². The van der Waals surface area contributed by atoms with Crippen molar-refractivity contribution in [2.75, 3.05) is 33.0 Å². The van der Waals surface area contributed by atoms with Crippen LogP contribution in [0.3, 0.4) is 0 Å². The van der Waals surface area contributed by atoms with Crippen molar-refractivity contribution in [3.8, 4) is 0 Å². The van der Waals surface area contributed by atoms with Crippen LogP contribution >= 0.6 is 7.82 Å². The maximum Gasteiger partial charge on any atom is 0.472 e. The minimum atomic E-state index is -4.29. The average Bonchev–Trinajstić information content (AvgIpc) is 3.24. The summed E-state index contributed by atoms with van der Waals surface area (Å²) in [6, 6.07) is 0. The highest BCUT2D eigenvalue weighted by Crippen LogP contribution is 2.43. The summed E-state index contributed by atoms with van der Waals surface area (Å²) in [7, 11) is -4.29. The molecule has 0 aliphatic carbocycles. The summed E-state index contributed by atoms with van der Waals surface area (Å²) < 4.78 is 33.5. The number of hydrogen-bond donors (Lipinski definition) is 2. The zero-order valence-corrected chi connectivity index (χ0v) is 39.8. The van der Waals surface area contributed by atoms with E-state index in [1.807, 2.05) is 0 Å². The number of carbonyl (C=O) groups is 1. The van der Waals surface area contributed by atoms with Gasteiger partial charge in [0.05, 0.1) is 19.8 Å². The van der Waals surface area contributed by atoms with Crippen LogP contribution in [0.1, 0.15) is 219 Å². The van der Waals surface area contributed by atoms with E-state index in [1.165, 1.54) is 141 Å². The number of unbranched alkanes of at least 4 members (excludes halogenated alkanes) is 24. The smallest absolute Gasteiger partial charge is 0.457 e. The third-order valence-corrected chi connectivity index (χ3v) is 11.4. The molecule has 3 N–H and O–H groups in total. The molecule has 0 saturated heterocycles. The second kappa shape index (κ2) is 48.2. The molecule has 0 heterocycles. The van der Waals surface area contributed by atoms with Crippen molar-refractivity contribution in [1.29, 1.82) is 0 Å². The Morgan fingerprint density at radius 2 is 0.883 bits per heavy atom. The van der Waals surface area contributed by atoms with Crippen LogP contribution in [0.2, 0.25) is 0 Å². The van der Waals surface area contributed by atoms with Crippen LogP contribution in [0, 0.1) is 0 Å². The number of nitrogens with two attached hydrogens (primary N) is 1. The van der Waals surface area contributed by atoms with Crippen LogP contribution in [-0.2, 0) is 27.9 Å². The largest absolute Gasteiger partial charge is 0.472 e. The molecule has 0 amide bonds. The zero-order valence-electron chi connectivity index (χ0n) is 38.9. The minimum absolute atomic E-state index is 0.0957. The molecular formula is C51H94NO7P. The average molecular weight is 864 g/mol. The van der Waals surface area contributed by atoms with Crippen molar-refractivity contribution >= 4 is 13.8 Å². The van der Waals surface area contributed by atoms with Gasteiger partial charge in [-0.3, -0.25) is 13.8 Å². The van der Waals surface area contributed by atoms with E-state index in [-0.39, 0.29) is 32.3 Å². The van der Waals surface area contributed by atoms with E-state index >= 15 is 0 Å². The molecule has 2 unspecified atom stereocenters. The highest BCUT2D eigenvalue weighted by molar-refractivity contribution is 7.47. The third kappa shape index (κ3) is 47.3. The number of phosphoric acid groups is 1. The standard InChI is InChI=1S/C51H94NO7P/c1-3-5-7-9-11-13-15-17-19-21-23-24-25-26-27-28-30-32-34-36-38-40-42-44-51(53)59-50(49-58-60(54,55)57-47-45-52)48-56-46-43-41-39-37-35-33-31-29-22-20-18-16-14-12-10-8-6-4-2/h12,14-15,17-18,20-21,23,25-26,50H,3-11,13,16,19,22,24,27-49,52H2,1-2H3,(H,54,55)/b14-12-,17-15-,20-18-,23-21-,26-25-. The molecule has 9 heteroatoms. The fourth-order valence-corrected chi connectivity index (χ4v) is 7.51. The number of carbonyl (C=O) groups excluding carboxylic acids is 1. The van der Waals surface area contributed by atoms with E-state index in [9.17, 15) is 14.3 Å². The lowest BCUT2D eigenvalue weighted by atomic mass is 10.1. The highest BCUT2D eigenvalue weighted by atomic mass is 31.2. The SMILES string of the molecule is CCCCC/C=C\C/C=C\CCCCCCCCCCOCC(COP(=O)(O)OCCN)OC(=O)CCCCCCCCCC/C=C\C/C=C\C/C=C\CCCCCCC. The molecule has 0 saturated carbocycles. The van der Waals surface area contributed by atoms with Gasteiger partial charge in [-0.25, -0.2) is 4.57 Å². The number of phosphoric ester groups is 1. The van der Waals surface area contributed by atoms with Crippen LogP contribution < -0.4 is 5.73 Å². The van der Waals surface area contributed by atoms with Crippen LogP contribution in [0.25, 0.3) is 0 Å². The number of rotatable bonds is 47. The van der Waals surface area contributed by atoms with Gasteiger partial charge < -0.3 is 20.1 Å². The fraction of sp³-hybridized carbons (Fsp3) is 0.784. The third-order valence-electron chi connectivity index (χ3n) is 10.4. The normalized spacial score (nSPS) is 13.9. The summed E-state index contributed by atoms with van der Waals surface area (Å²) in [5.74, 6) is -0.340. The Hall–Kier alpha value is -1.80. The quantitative estimate of drug-likeness (QED) is 0.0269. The topological polar surface area (TPSA) is 117 Å². The molecule has 0 aromatic carbocycles. The maximum absolute atomic E-state index is 12.6. The van der Waals surface area contributed by atoms with Gasteiger partial charge in [-0.15, -0.1) is 0 Å². The van der Waals surface area contributed by atoms with Crippen LogP contribution in [0.5, 0.6) is 0 Å². The summed E-state index contributed by atoms with van der Waals surface area (Å²) in [6.07, 6.45) is 59.6. The molecule has 8 nitrogen and oxygen atoms in total. The fourth-order valence-electron chi connectivity index (χ4n) is 6.74. The van der Waals surface area contributed by atoms with Gasteiger partial charge in [0, 0.05) is 19.6 Å². The van der Waals surface area contributed by atoms with E-state index in [1.54, 1.807) is 0 Å². The molecule has 0 aliphatic heterocycles. The van der Waals surface area contributed by atoms with Crippen molar-refractivity contribution < 1.29 is 32.8 Å². The Morgan fingerprint density at radius 3 is 1.35 bits per heavy atom. The minimum Gasteiger partial charge on any atom is -0.457 e. The van der Waals surface area contributed by atoms with Gasteiger partial charge in [-0.1, -0.05) is 190 Å². The molecule has 0 aliphatic rings. The highest BCUT2D eigenvalue weighted by Gasteiger charge is 2.25. The molecular weight excluding hydrogens is 770 g/mol. The van der Waals surface area contributed by atoms with E-state index < -0.39 is 13.9 Å². The molecule has 0 aromatic heterocycles. The lowest BCUT2D eigenvalue weighted by Gasteiger charge is -2.20. The first-order chi connectivity index (χ1) is 29.4. The summed E-state index contributed by atoms with van der Waals surface area (Å²) in [4.78, 5) is 22.6. The van der Waals surface area contributed by atoms with Gasteiger partial charge in [-0.05, 0) is 83.5 Å². The van der Waals surface area contributed by atoms with E-state index in [0.717, 1.165) is 57.8 Å². The zero-order chi connectivity index (χ0) is 43.7. The van der Waals surface area contributed by atoms with Gasteiger partial charge >= 0.3 is 13.8 Å². The molecule has 0 rings (SSSR count). The van der Waals surface area contributed by atoms with Crippen molar-refractivity contribution in [1.82, 2.24) is 0 Å². The lowest BCUT2D eigenvalue weighted by Crippen LogP contribution is -2.28. The first-order valence-corrected chi connectivity index (χ1v) is 26.3. The summed E-state index contributed by atoms with van der Waals surface area (Å²) >= 11 is 0. The molecule has 2 atom stereocenters. The molecule has 0 bridgehead atoms. The Morgan fingerprint density at radius 1 is 0.500 bits per heavy atom. The van der Waals surface area contributed by atoms with Crippen molar-refractivity contribution in [2.24, 2.45) is 5.73 Å². The van der Waals surface area contributed by atoms with Gasteiger partial charge in [0.1, 0.15) is 6.10 Å². The van der Waals surface area contributed by atoms with Crippen molar-refractivity contribution in [3.05, 3.63) is 60.8 Å². The predicted molar refractivity (Wildman–Crippen MR) is 256 cm³/mol. The van der Waals surface area contributed by atoms with Gasteiger partial charge in [0.25, 0.3) is 0 Å². The Bertz CT molecular complexity index is 1110. The summed E-state index contributed by atoms with van der Waals surface area (Å²) in [5.41, 5.74) is 5.38. The monoisotopic (exact) mass is 864 g/mol. The number of allylic oxidation sites excluding steroid dienone is 10. The number of hydrogen-bond acceptors (Lipinski definition) is 7. The van der Waals surface area contributed by atoms with Gasteiger partial charge in [0.2, 0.25) is 0 Å². The second-order valence-corrected chi connectivity index (χ2v) is 17.8. The van der Waals surface area contributed by atoms with Crippen molar-refractivity contribution in [2.45, 2.75) is 225 Å². The maximum atomic E-state index is 12.6. The lowest BCUT2D eigenvalue weighted by molar-refractivity contribution is -0.154. The summed E-state index contributed by atoms with van der Waals surface area (Å²) in [5, 5.41) is 0. The molecule has 0 aromatic rings. The molecule has 0 spiro atoms. The van der Waals surface area contributed by atoms with Crippen LogP contribution in [0.15, 0.2) is 60.8 Å². The number of esters is 1. The Balaban J connectivity index is 4.00. The molecule has 0 radical (unpaired) electrons. The molecule has 0 fully saturated rings. The molecule has 60 heavy (non-hydrogen) atoms. The van der Waals surface area contributed by atoms with Gasteiger partial charge in [-0.2, -0.15) is 0 Å². The summed E-state index contributed by atoms with van der Waals surface area (Å²) in [6.45, 7) is 4.87. The van der Waals surface area contributed by atoms with Crippen LogP contribution in [-0.4, -0.2) is 49.9 Å². The first kappa shape index (κ1) is 58.2. The van der Waals surface area contributed by atoms with Crippen LogP contribution in [0.4, 0.5) is 0 Å².